The Balaban J connectivity index is 1.21. The van der Waals surface area contributed by atoms with E-state index in [1.165, 1.54) is 11.1 Å². The quantitative estimate of drug-likeness (QED) is 0.0554. The average Bonchev–Trinajstić information content (AvgIpc) is 3.63. The highest BCUT2D eigenvalue weighted by Gasteiger charge is 2.65. The van der Waals surface area contributed by atoms with Gasteiger partial charge in [-0.05, 0) is 128 Å². The number of hydrogen-bond acceptors (Lipinski definition) is 10. The maximum absolute atomic E-state index is 14.3. The predicted molar refractivity (Wildman–Crippen MR) is 221 cm³/mol. The van der Waals surface area contributed by atoms with E-state index < -0.39 is 34.0 Å². The highest BCUT2D eigenvalue weighted by atomic mass is 16.6. The van der Waals surface area contributed by atoms with Crippen LogP contribution in [0.2, 0.25) is 0 Å². The Morgan fingerprint density at radius 3 is 1.39 bits per heavy atom. The first-order valence-electron chi connectivity index (χ1n) is 21.1. The maximum Gasteiger partial charge on any atom is 0.418 e. The summed E-state index contributed by atoms with van der Waals surface area (Å²) in [5.41, 5.74) is -0.0580. The molecule has 6 rings (SSSR count). The number of esters is 2. The number of oxime groups is 2. The van der Waals surface area contributed by atoms with Gasteiger partial charge in [-0.3, -0.25) is 0 Å². The summed E-state index contributed by atoms with van der Waals surface area (Å²) in [5, 5.41) is 8.83. The van der Waals surface area contributed by atoms with E-state index in [0.717, 1.165) is 64.5 Å². The molecule has 4 saturated carbocycles. The topological polar surface area (TPSA) is 102 Å². The van der Waals surface area contributed by atoms with Crippen molar-refractivity contribution in [3.05, 3.63) is 71.8 Å². The number of carbonyl (C=O) groups is 2. The number of nitrogens with zero attached hydrogens (tertiary/aromatic N) is 4. The molecule has 0 heterocycles. The molecule has 0 saturated heterocycles. The summed E-state index contributed by atoms with van der Waals surface area (Å²) >= 11 is 0. The summed E-state index contributed by atoms with van der Waals surface area (Å²) < 4.78 is 13.3. The van der Waals surface area contributed by atoms with Crippen LogP contribution >= 0.6 is 0 Å². The zero-order valence-electron chi connectivity index (χ0n) is 34.8. The molecule has 4 fully saturated rings. The van der Waals surface area contributed by atoms with Crippen LogP contribution in [0.4, 0.5) is 0 Å². The number of fused-ring (bicyclic) bond motifs is 2. The van der Waals surface area contributed by atoms with Gasteiger partial charge in [0.15, 0.2) is 0 Å². The third-order valence-electron chi connectivity index (χ3n) is 14.2. The van der Waals surface area contributed by atoms with E-state index in [9.17, 15) is 9.59 Å². The van der Waals surface area contributed by atoms with Gasteiger partial charge in [-0.15, -0.1) is 0 Å². The second-order valence-corrected chi connectivity index (χ2v) is 18.1. The summed E-state index contributed by atoms with van der Waals surface area (Å²) in [6.45, 7) is 7.38. The molecule has 2 aromatic carbocycles. The minimum atomic E-state index is -0.887. The first-order valence-corrected chi connectivity index (χ1v) is 21.1. The van der Waals surface area contributed by atoms with Crippen LogP contribution in [0.3, 0.4) is 0 Å². The minimum absolute atomic E-state index is 0.0451. The largest absolute Gasteiger partial charge is 0.450 e. The Morgan fingerprint density at radius 1 is 0.625 bits per heavy atom. The van der Waals surface area contributed by atoms with Crippen molar-refractivity contribution in [3.8, 4) is 0 Å². The molecule has 0 aromatic heterocycles. The van der Waals surface area contributed by atoms with Crippen LogP contribution in [-0.4, -0.2) is 99.9 Å². The summed E-state index contributed by atoms with van der Waals surface area (Å²) in [5.74, 6) is -1.27. The lowest BCUT2D eigenvalue weighted by Crippen LogP contribution is -2.55. The molecular formula is C46H66N4O6. The maximum atomic E-state index is 14.3. The summed E-state index contributed by atoms with van der Waals surface area (Å²) in [6.07, 6.45) is 13.4. The highest BCUT2D eigenvalue weighted by molar-refractivity contribution is 6.30. The number of rotatable bonds is 16. The zero-order valence-corrected chi connectivity index (χ0v) is 34.8. The van der Waals surface area contributed by atoms with Gasteiger partial charge in [-0.2, -0.15) is 0 Å². The Hall–Kier alpha value is -3.76. The fourth-order valence-corrected chi connectivity index (χ4v) is 10.7. The van der Waals surface area contributed by atoms with Gasteiger partial charge in [0, 0.05) is 48.2 Å². The van der Waals surface area contributed by atoms with Crippen molar-refractivity contribution in [1.82, 2.24) is 9.80 Å². The third kappa shape index (κ3) is 9.02. The fraction of sp³-hybridized carbons (Fsp3) is 0.652. The van der Waals surface area contributed by atoms with Gasteiger partial charge < -0.3 is 28.9 Å². The Labute approximate surface area is 335 Å². The van der Waals surface area contributed by atoms with Crippen molar-refractivity contribution in [1.29, 1.82) is 0 Å². The van der Waals surface area contributed by atoms with Crippen molar-refractivity contribution in [2.45, 2.75) is 114 Å². The second-order valence-electron chi connectivity index (χ2n) is 18.1. The first-order chi connectivity index (χ1) is 26.9. The number of hydrogen-bond donors (Lipinski definition) is 0. The molecular weight excluding hydrogens is 705 g/mol. The fourth-order valence-electron chi connectivity index (χ4n) is 10.7. The first kappa shape index (κ1) is 41.9. The minimum Gasteiger partial charge on any atom is -0.450 e. The van der Waals surface area contributed by atoms with Crippen molar-refractivity contribution in [2.75, 3.05) is 54.5 Å². The lowest BCUT2D eigenvalue weighted by atomic mass is 9.59. The van der Waals surface area contributed by atoms with Gasteiger partial charge in [0.2, 0.25) is 0 Å². The molecule has 0 unspecified atom stereocenters. The molecule has 0 spiro atoms. The van der Waals surface area contributed by atoms with E-state index in [0.29, 0.717) is 38.9 Å². The van der Waals surface area contributed by atoms with Gasteiger partial charge in [-0.25, -0.2) is 9.59 Å². The van der Waals surface area contributed by atoms with Gasteiger partial charge in [-0.1, -0.05) is 84.8 Å². The van der Waals surface area contributed by atoms with Crippen LogP contribution in [0.15, 0.2) is 71.0 Å². The Kier molecular flexibility index (Phi) is 13.6. The van der Waals surface area contributed by atoms with E-state index in [-0.39, 0.29) is 23.7 Å². The number of benzene rings is 2. The molecule has 2 aromatic rings. The SMILES string of the molecule is CN(C)CCCON=C[C@H]1CC[C@]2(OC(=O)C(=O)O[C@]34CC[C@H](C=NOCCCN(C)C)[C@@]3(C)CC[C@H](c3ccccc3)C4)C[C@@H](c3ccccc3)CC[C@]12C. The van der Waals surface area contributed by atoms with Crippen molar-refractivity contribution >= 4 is 24.4 Å². The molecule has 4 aliphatic carbocycles. The third-order valence-corrected chi connectivity index (χ3v) is 14.2. The van der Waals surface area contributed by atoms with Crippen molar-refractivity contribution in [2.24, 2.45) is 33.0 Å². The molecule has 0 N–H and O–H groups in total. The molecule has 0 amide bonds. The van der Waals surface area contributed by atoms with E-state index >= 15 is 0 Å². The van der Waals surface area contributed by atoms with Crippen LogP contribution < -0.4 is 0 Å². The van der Waals surface area contributed by atoms with Crippen LogP contribution in [0.5, 0.6) is 0 Å². The van der Waals surface area contributed by atoms with E-state index in [1.807, 2.05) is 52.8 Å². The summed E-state index contributed by atoms with van der Waals surface area (Å²) in [7, 11) is 8.19. The van der Waals surface area contributed by atoms with Crippen LogP contribution in [0.25, 0.3) is 0 Å². The number of ether oxygens (including phenoxy) is 2. The van der Waals surface area contributed by atoms with Gasteiger partial charge in [0.25, 0.3) is 0 Å². The van der Waals surface area contributed by atoms with Gasteiger partial charge in [0.05, 0.1) is 0 Å². The standard InChI is InChI=1S/C46H66N4O6/c1-43-23-19-37(35-15-9-7-10-16-35)31-45(43,25-21-39(43)33-47-53-29-13-27-49(3)4)55-41(51)42(52)56-46-26-22-40(34-48-54-30-14-28-50(5)6)44(46,2)24-20-38(32-46)36-17-11-8-12-18-36/h7-12,15-18,33-34,37-40H,13-14,19-32H2,1-6H3/t37-,38-,39+,40+,43+,44+,45-,46-/m0/s1. The smallest absolute Gasteiger partial charge is 0.418 e. The lowest BCUT2D eigenvalue weighted by molar-refractivity contribution is -0.206. The predicted octanol–water partition coefficient (Wildman–Crippen LogP) is 8.23. The summed E-state index contributed by atoms with van der Waals surface area (Å²) in [6, 6.07) is 21.0. The molecule has 0 bridgehead atoms. The van der Waals surface area contributed by atoms with Gasteiger partial charge in [0.1, 0.15) is 24.4 Å². The lowest BCUT2D eigenvalue weighted by Gasteiger charge is -2.52. The van der Waals surface area contributed by atoms with Crippen molar-refractivity contribution in [3.63, 3.8) is 0 Å². The average molecular weight is 771 g/mol. The Morgan fingerprint density at radius 2 is 1.02 bits per heavy atom. The number of carbonyl (C=O) groups excluding carboxylic acids is 2. The second kappa shape index (κ2) is 18.2. The van der Waals surface area contributed by atoms with E-state index in [2.05, 4.69) is 82.5 Å². The van der Waals surface area contributed by atoms with Crippen LogP contribution in [-0.2, 0) is 28.7 Å². The van der Waals surface area contributed by atoms with Gasteiger partial charge >= 0.3 is 11.9 Å². The molecule has 0 radical (unpaired) electrons. The molecule has 56 heavy (non-hydrogen) atoms. The molecule has 10 nitrogen and oxygen atoms in total. The van der Waals surface area contributed by atoms with E-state index in [4.69, 9.17) is 19.1 Å². The molecule has 4 aliphatic rings. The monoisotopic (exact) mass is 770 g/mol. The van der Waals surface area contributed by atoms with Crippen molar-refractivity contribution < 1.29 is 28.7 Å². The Bertz CT molecular complexity index is 1530. The normalized spacial score (nSPS) is 32.8. The summed E-state index contributed by atoms with van der Waals surface area (Å²) in [4.78, 5) is 44.3. The zero-order chi connectivity index (χ0) is 39.8. The molecule has 8 atom stereocenters. The molecule has 10 heteroatoms. The van der Waals surface area contributed by atoms with Crippen LogP contribution in [0.1, 0.15) is 114 Å². The highest BCUT2D eigenvalue weighted by Crippen LogP contribution is 2.64. The van der Waals surface area contributed by atoms with E-state index in [1.54, 1.807) is 0 Å². The molecule has 0 aliphatic heterocycles. The molecule has 306 valence electrons. The van der Waals surface area contributed by atoms with Crippen LogP contribution in [0, 0.1) is 22.7 Å².